The number of benzene rings is 1. The van der Waals surface area contributed by atoms with Gasteiger partial charge in [-0.05, 0) is 29.9 Å². The van der Waals surface area contributed by atoms with Crippen molar-refractivity contribution in [3.63, 3.8) is 0 Å². The summed E-state index contributed by atoms with van der Waals surface area (Å²) in [4.78, 5) is 1.79. The van der Waals surface area contributed by atoms with E-state index in [9.17, 15) is 0 Å². The van der Waals surface area contributed by atoms with Crippen LogP contribution in [0.25, 0.3) is 0 Å². The van der Waals surface area contributed by atoms with E-state index in [4.69, 9.17) is 12.2 Å². The SMILES string of the molecule is CN(C)C(=S)NN=Cc1ccc(Br)cc1. The number of hydrazone groups is 1. The highest BCUT2D eigenvalue weighted by Gasteiger charge is 1.93. The molecular formula is C10H12BrN3S. The van der Waals surface area contributed by atoms with E-state index in [0.29, 0.717) is 5.11 Å². The zero-order valence-electron chi connectivity index (χ0n) is 8.57. The third-order valence-electron chi connectivity index (χ3n) is 1.65. The molecule has 3 nitrogen and oxygen atoms in total. The summed E-state index contributed by atoms with van der Waals surface area (Å²) >= 11 is 8.38. The highest BCUT2D eigenvalue weighted by atomic mass is 79.9. The van der Waals surface area contributed by atoms with Gasteiger partial charge in [-0.25, -0.2) is 0 Å². The second-order valence-corrected chi connectivity index (χ2v) is 4.42. The molecule has 0 heterocycles. The van der Waals surface area contributed by atoms with Gasteiger partial charge < -0.3 is 4.90 Å². The van der Waals surface area contributed by atoms with Crippen molar-refractivity contribution in [1.82, 2.24) is 10.3 Å². The maximum atomic E-state index is 5.01. The van der Waals surface area contributed by atoms with E-state index >= 15 is 0 Å². The van der Waals surface area contributed by atoms with Crippen molar-refractivity contribution in [1.29, 1.82) is 0 Å². The Morgan fingerprint density at radius 1 is 1.40 bits per heavy atom. The van der Waals surface area contributed by atoms with Crippen LogP contribution in [0.3, 0.4) is 0 Å². The molecule has 0 saturated heterocycles. The second kappa shape index (κ2) is 5.82. The minimum absolute atomic E-state index is 0.586. The molecule has 0 amide bonds. The first-order valence-corrected chi connectivity index (χ1v) is 5.55. The fraction of sp³-hybridized carbons (Fsp3) is 0.200. The molecule has 0 radical (unpaired) electrons. The predicted molar refractivity (Wildman–Crippen MR) is 71.2 cm³/mol. The van der Waals surface area contributed by atoms with E-state index in [1.165, 1.54) is 0 Å². The molecule has 15 heavy (non-hydrogen) atoms. The summed E-state index contributed by atoms with van der Waals surface area (Å²) < 4.78 is 1.05. The van der Waals surface area contributed by atoms with Gasteiger partial charge in [0.05, 0.1) is 6.21 Å². The minimum Gasteiger partial charge on any atom is -0.354 e. The van der Waals surface area contributed by atoms with Crippen LogP contribution in [0.4, 0.5) is 0 Å². The van der Waals surface area contributed by atoms with E-state index < -0.39 is 0 Å². The third-order valence-corrected chi connectivity index (χ3v) is 2.64. The van der Waals surface area contributed by atoms with Gasteiger partial charge in [-0.15, -0.1) is 0 Å². The van der Waals surface area contributed by atoms with Gasteiger partial charge in [-0.1, -0.05) is 28.1 Å². The Labute approximate surface area is 103 Å². The molecule has 1 rings (SSSR count). The zero-order valence-corrected chi connectivity index (χ0v) is 11.0. The standard InChI is InChI=1S/C10H12BrN3S/c1-14(2)10(15)13-12-7-8-3-5-9(11)6-4-8/h3-7H,1-2H3,(H,13,15). The van der Waals surface area contributed by atoms with Crippen molar-refractivity contribution in [3.8, 4) is 0 Å². The van der Waals surface area contributed by atoms with E-state index in [1.807, 2.05) is 38.4 Å². The quantitative estimate of drug-likeness (QED) is 0.513. The topological polar surface area (TPSA) is 27.6 Å². The Morgan fingerprint density at radius 3 is 2.53 bits per heavy atom. The van der Waals surface area contributed by atoms with Crippen molar-refractivity contribution in [2.75, 3.05) is 14.1 Å². The summed E-state index contributed by atoms with van der Waals surface area (Å²) in [5.41, 5.74) is 3.78. The summed E-state index contributed by atoms with van der Waals surface area (Å²) in [6.45, 7) is 0. The van der Waals surface area contributed by atoms with Gasteiger partial charge in [0.25, 0.3) is 0 Å². The number of halogens is 1. The van der Waals surface area contributed by atoms with Gasteiger partial charge in [0.15, 0.2) is 5.11 Å². The summed E-state index contributed by atoms with van der Waals surface area (Å²) in [5, 5.41) is 4.61. The summed E-state index contributed by atoms with van der Waals surface area (Å²) in [5.74, 6) is 0. The monoisotopic (exact) mass is 285 g/mol. The smallest absolute Gasteiger partial charge is 0.189 e. The fourth-order valence-electron chi connectivity index (χ4n) is 0.811. The first kappa shape index (κ1) is 12.1. The first-order chi connectivity index (χ1) is 7.09. The zero-order chi connectivity index (χ0) is 11.3. The lowest BCUT2D eigenvalue weighted by Gasteiger charge is -2.11. The number of rotatable bonds is 2. The van der Waals surface area contributed by atoms with E-state index in [-0.39, 0.29) is 0 Å². The van der Waals surface area contributed by atoms with E-state index in [1.54, 1.807) is 11.1 Å². The van der Waals surface area contributed by atoms with Crippen molar-refractivity contribution in [2.24, 2.45) is 5.10 Å². The van der Waals surface area contributed by atoms with Crippen LogP contribution in [-0.2, 0) is 0 Å². The Morgan fingerprint density at radius 2 is 2.00 bits per heavy atom. The largest absolute Gasteiger partial charge is 0.354 e. The Bertz CT molecular complexity index is 359. The molecule has 0 saturated carbocycles. The van der Waals surface area contributed by atoms with Crippen LogP contribution >= 0.6 is 28.1 Å². The molecule has 1 N–H and O–H groups in total. The average molecular weight is 286 g/mol. The number of hydrogen-bond donors (Lipinski definition) is 1. The number of nitrogens with zero attached hydrogens (tertiary/aromatic N) is 2. The van der Waals surface area contributed by atoms with Crippen LogP contribution in [-0.4, -0.2) is 30.3 Å². The Balaban J connectivity index is 2.51. The lowest BCUT2D eigenvalue weighted by atomic mass is 10.2. The molecule has 0 spiro atoms. The summed E-state index contributed by atoms with van der Waals surface area (Å²) in [6.07, 6.45) is 1.72. The maximum Gasteiger partial charge on any atom is 0.189 e. The van der Waals surface area contributed by atoms with Crippen molar-refractivity contribution in [2.45, 2.75) is 0 Å². The molecule has 0 aliphatic heterocycles. The lowest BCUT2D eigenvalue weighted by molar-refractivity contribution is 0.606. The van der Waals surface area contributed by atoms with Crippen molar-refractivity contribution in [3.05, 3.63) is 34.3 Å². The normalized spacial score (nSPS) is 10.3. The molecule has 0 atom stereocenters. The van der Waals surface area contributed by atoms with Crippen LogP contribution in [0.15, 0.2) is 33.8 Å². The fourth-order valence-corrected chi connectivity index (χ4v) is 1.13. The maximum absolute atomic E-state index is 5.01. The molecule has 0 fully saturated rings. The van der Waals surface area contributed by atoms with Gasteiger partial charge >= 0.3 is 0 Å². The van der Waals surface area contributed by atoms with Crippen LogP contribution in [0.1, 0.15) is 5.56 Å². The second-order valence-electron chi connectivity index (χ2n) is 3.12. The molecule has 80 valence electrons. The van der Waals surface area contributed by atoms with Crippen LogP contribution in [0.2, 0.25) is 0 Å². The summed E-state index contributed by atoms with van der Waals surface area (Å²) in [7, 11) is 3.73. The van der Waals surface area contributed by atoms with Gasteiger partial charge in [-0.2, -0.15) is 5.10 Å². The van der Waals surface area contributed by atoms with Crippen LogP contribution in [0, 0.1) is 0 Å². The molecule has 0 bridgehead atoms. The van der Waals surface area contributed by atoms with Crippen molar-refractivity contribution >= 4 is 39.5 Å². The lowest BCUT2D eigenvalue weighted by Crippen LogP contribution is -2.30. The molecule has 0 aliphatic carbocycles. The van der Waals surface area contributed by atoms with Gasteiger partial charge in [0.2, 0.25) is 0 Å². The van der Waals surface area contributed by atoms with Crippen LogP contribution in [0.5, 0.6) is 0 Å². The van der Waals surface area contributed by atoms with Crippen molar-refractivity contribution < 1.29 is 0 Å². The Hall–Kier alpha value is -0.940. The van der Waals surface area contributed by atoms with Gasteiger partial charge in [-0.3, -0.25) is 5.43 Å². The highest BCUT2D eigenvalue weighted by molar-refractivity contribution is 9.10. The molecule has 0 aromatic heterocycles. The molecule has 0 unspecified atom stereocenters. The van der Waals surface area contributed by atoms with Gasteiger partial charge in [0.1, 0.15) is 0 Å². The van der Waals surface area contributed by atoms with E-state index in [0.717, 1.165) is 10.0 Å². The van der Waals surface area contributed by atoms with Gasteiger partial charge in [0, 0.05) is 18.6 Å². The molecule has 0 aliphatic rings. The van der Waals surface area contributed by atoms with E-state index in [2.05, 4.69) is 26.5 Å². The Kier molecular flexibility index (Phi) is 4.71. The van der Waals surface area contributed by atoms with Crippen LogP contribution < -0.4 is 5.43 Å². The number of hydrogen-bond acceptors (Lipinski definition) is 2. The molecular weight excluding hydrogens is 274 g/mol. The third kappa shape index (κ3) is 4.40. The molecule has 1 aromatic carbocycles. The highest BCUT2D eigenvalue weighted by Crippen LogP contribution is 2.08. The number of nitrogens with one attached hydrogen (secondary N) is 1. The predicted octanol–water partition coefficient (Wildman–Crippen LogP) is 2.22. The first-order valence-electron chi connectivity index (χ1n) is 4.35. The minimum atomic E-state index is 0.586. The summed E-state index contributed by atoms with van der Waals surface area (Å²) in [6, 6.07) is 7.86. The molecule has 1 aromatic rings. The number of thiocarbonyl (C=S) groups is 1. The molecule has 5 heteroatoms. The average Bonchev–Trinajstić information content (AvgIpc) is 2.20.